The van der Waals surface area contributed by atoms with Crippen LogP contribution < -0.4 is 9.64 Å². The van der Waals surface area contributed by atoms with Crippen molar-refractivity contribution in [3.8, 4) is 5.75 Å². The van der Waals surface area contributed by atoms with E-state index in [-0.39, 0.29) is 6.10 Å². The van der Waals surface area contributed by atoms with Gasteiger partial charge in [-0.15, -0.1) is 0 Å². The molecule has 1 aromatic rings. The van der Waals surface area contributed by atoms with Gasteiger partial charge in [-0.25, -0.2) is 0 Å². The van der Waals surface area contributed by atoms with Gasteiger partial charge in [0.25, 0.3) is 0 Å². The van der Waals surface area contributed by atoms with Crippen molar-refractivity contribution < 1.29 is 14.6 Å². The molecule has 21 heavy (non-hydrogen) atoms. The summed E-state index contributed by atoms with van der Waals surface area (Å²) < 4.78 is 10.8. The van der Waals surface area contributed by atoms with Crippen molar-refractivity contribution in [3.05, 3.63) is 24.3 Å². The number of benzene rings is 1. The van der Waals surface area contributed by atoms with Gasteiger partial charge in [0.15, 0.2) is 0 Å². The highest BCUT2D eigenvalue weighted by Gasteiger charge is 2.16. The Morgan fingerprint density at radius 3 is 2.57 bits per heavy atom. The first-order chi connectivity index (χ1) is 10.2. The van der Waals surface area contributed by atoms with E-state index in [0.717, 1.165) is 37.7 Å². The van der Waals surface area contributed by atoms with E-state index in [4.69, 9.17) is 9.47 Å². The van der Waals surface area contributed by atoms with Gasteiger partial charge in [0, 0.05) is 38.9 Å². The zero-order valence-corrected chi connectivity index (χ0v) is 13.0. The lowest BCUT2D eigenvalue weighted by atomic mass is 10.2. The number of aliphatic hydroxyl groups excluding tert-OH is 1. The summed E-state index contributed by atoms with van der Waals surface area (Å²) in [5.74, 6) is 0.878. The molecule has 0 saturated carbocycles. The molecule has 1 aliphatic heterocycles. The van der Waals surface area contributed by atoms with Crippen molar-refractivity contribution >= 4 is 5.69 Å². The maximum absolute atomic E-state index is 10.2. The first-order valence-corrected chi connectivity index (χ1v) is 7.61. The van der Waals surface area contributed by atoms with Crippen LogP contribution in [-0.4, -0.2) is 69.2 Å². The van der Waals surface area contributed by atoms with Gasteiger partial charge in [-0.2, -0.15) is 0 Å². The summed E-state index contributed by atoms with van der Waals surface area (Å²) >= 11 is 0. The Hall–Kier alpha value is -1.30. The van der Waals surface area contributed by atoms with Crippen LogP contribution in [0.3, 0.4) is 0 Å². The second kappa shape index (κ2) is 8.22. The Labute approximate surface area is 127 Å². The summed E-state index contributed by atoms with van der Waals surface area (Å²) in [5.41, 5.74) is 1.08. The van der Waals surface area contributed by atoms with Gasteiger partial charge in [-0.3, -0.25) is 4.90 Å². The number of ether oxygens (including phenoxy) is 2. The highest BCUT2D eigenvalue weighted by Crippen LogP contribution is 2.18. The zero-order valence-electron chi connectivity index (χ0n) is 13.0. The topological polar surface area (TPSA) is 45.2 Å². The molecule has 1 aromatic carbocycles. The third-order valence-electron chi connectivity index (χ3n) is 3.65. The molecule has 5 heteroatoms. The minimum Gasteiger partial charge on any atom is -0.494 e. The molecule has 1 heterocycles. The lowest BCUT2D eigenvalue weighted by molar-refractivity contribution is 0.0162. The number of morpholine rings is 1. The first kappa shape index (κ1) is 16.1. The van der Waals surface area contributed by atoms with Crippen LogP contribution in [0.5, 0.6) is 5.75 Å². The SMILES string of the molecule is CCOc1ccc(N(C)CC(O)CN2CCOCC2)cc1. The van der Waals surface area contributed by atoms with Gasteiger partial charge in [-0.05, 0) is 31.2 Å². The molecular formula is C16H26N2O3. The van der Waals surface area contributed by atoms with Crippen LogP contribution in [-0.2, 0) is 4.74 Å². The molecule has 0 amide bonds. The Morgan fingerprint density at radius 2 is 1.95 bits per heavy atom. The molecule has 0 spiro atoms. The predicted molar refractivity (Wildman–Crippen MR) is 84.1 cm³/mol. The van der Waals surface area contributed by atoms with Gasteiger partial charge in [0.2, 0.25) is 0 Å². The Bertz CT molecular complexity index is 404. The molecule has 0 aromatic heterocycles. The Morgan fingerprint density at radius 1 is 1.29 bits per heavy atom. The van der Waals surface area contributed by atoms with Crippen LogP contribution in [0.4, 0.5) is 5.69 Å². The largest absolute Gasteiger partial charge is 0.494 e. The molecule has 1 aliphatic rings. The molecule has 0 radical (unpaired) electrons. The summed E-state index contributed by atoms with van der Waals surface area (Å²) in [6.07, 6.45) is -0.361. The lowest BCUT2D eigenvalue weighted by Crippen LogP contribution is -2.44. The standard InChI is InChI=1S/C16H26N2O3/c1-3-21-16-6-4-14(5-7-16)17(2)12-15(19)13-18-8-10-20-11-9-18/h4-7,15,19H,3,8-13H2,1-2H3. The molecule has 1 atom stereocenters. The number of rotatable bonds is 7. The van der Waals surface area contributed by atoms with Crippen LogP contribution in [0.25, 0.3) is 0 Å². The average Bonchev–Trinajstić information content (AvgIpc) is 2.49. The fourth-order valence-electron chi connectivity index (χ4n) is 2.52. The number of aliphatic hydroxyl groups is 1. The minimum absolute atomic E-state index is 0.361. The molecule has 1 N–H and O–H groups in total. The van der Waals surface area contributed by atoms with Crippen LogP contribution in [0.15, 0.2) is 24.3 Å². The maximum Gasteiger partial charge on any atom is 0.119 e. The molecule has 5 nitrogen and oxygen atoms in total. The summed E-state index contributed by atoms with van der Waals surface area (Å²) in [7, 11) is 2.00. The van der Waals surface area contributed by atoms with E-state index in [1.54, 1.807) is 0 Å². The average molecular weight is 294 g/mol. The van der Waals surface area contributed by atoms with Gasteiger partial charge in [-0.1, -0.05) is 0 Å². The fourth-order valence-corrected chi connectivity index (χ4v) is 2.52. The highest BCUT2D eigenvalue weighted by molar-refractivity contribution is 5.48. The van der Waals surface area contributed by atoms with Crippen molar-refractivity contribution in [1.82, 2.24) is 4.90 Å². The maximum atomic E-state index is 10.2. The molecule has 118 valence electrons. The summed E-state index contributed by atoms with van der Waals surface area (Å²) in [5, 5.41) is 10.2. The summed E-state index contributed by atoms with van der Waals surface area (Å²) in [4.78, 5) is 4.32. The van der Waals surface area contributed by atoms with Crippen LogP contribution in [0, 0.1) is 0 Å². The van der Waals surface area contributed by atoms with E-state index in [1.807, 2.05) is 38.2 Å². The van der Waals surface area contributed by atoms with E-state index >= 15 is 0 Å². The third-order valence-corrected chi connectivity index (χ3v) is 3.65. The molecule has 1 unspecified atom stereocenters. The van der Waals surface area contributed by atoms with Gasteiger partial charge >= 0.3 is 0 Å². The van der Waals surface area contributed by atoms with Crippen molar-refractivity contribution in [3.63, 3.8) is 0 Å². The normalized spacial score (nSPS) is 17.5. The van der Waals surface area contributed by atoms with Gasteiger partial charge in [0.05, 0.1) is 25.9 Å². The monoisotopic (exact) mass is 294 g/mol. The summed E-state index contributed by atoms with van der Waals surface area (Å²) in [6.45, 7) is 7.31. The van der Waals surface area contributed by atoms with Crippen molar-refractivity contribution in [1.29, 1.82) is 0 Å². The number of anilines is 1. The number of hydrogen-bond acceptors (Lipinski definition) is 5. The van der Waals surface area contributed by atoms with E-state index in [0.29, 0.717) is 19.7 Å². The number of hydrogen-bond donors (Lipinski definition) is 1. The Kier molecular flexibility index (Phi) is 6.29. The fraction of sp³-hybridized carbons (Fsp3) is 0.625. The highest BCUT2D eigenvalue weighted by atomic mass is 16.5. The smallest absolute Gasteiger partial charge is 0.119 e. The number of likely N-dealkylation sites (N-methyl/N-ethyl adjacent to an activating group) is 1. The predicted octanol–water partition coefficient (Wildman–Crippen LogP) is 1.21. The zero-order chi connectivity index (χ0) is 15.1. The van der Waals surface area contributed by atoms with E-state index < -0.39 is 0 Å². The van der Waals surface area contributed by atoms with Crippen molar-refractivity contribution in [2.45, 2.75) is 13.0 Å². The van der Waals surface area contributed by atoms with Gasteiger partial charge in [0.1, 0.15) is 5.75 Å². The van der Waals surface area contributed by atoms with E-state index in [9.17, 15) is 5.11 Å². The van der Waals surface area contributed by atoms with Crippen LogP contribution in [0.2, 0.25) is 0 Å². The third kappa shape index (κ3) is 5.19. The molecule has 0 aliphatic carbocycles. The molecular weight excluding hydrogens is 268 g/mol. The minimum atomic E-state index is -0.361. The summed E-state index contributed by atoms with van der Waals surface area (Å²) in [6, 6.07) is 7.96. The molecule has 0 bridgehead atoms. The van der Waals surface area contributed by atoms with E-state index in [2.05, 4.69) is 9.80 Å². The second-order valence-electron chi connectivity index (χ2n) is 5.37. The van der Waals surface area contributed by atoms with Crippen molar-refractivity contribution in [2.24, 2.45) is 0 Å². The number of β-amino-alcohol motifs (C(OH)–C–C–N with tert-alkyl or cyclic N) is 1. The van der Waals surface area contributed by atoms with Crippen LogP contribution >= 0.6 is 0 Å². The molecule has 2 rings (SSSR count). The number of nitrogens with zero attached hydrogens (tertiary/aromatic N) is 2. The first-order valence-electron chi connectivity index (χ1n) is 7.61. The van der Waals surface area contributed by atoms with Crippen LogP contribution in [0.1, 0.15) is 6.92 Å². The molecule has 1 fully saturated rings. The van der Waals surface area contributed by atoms with Crippen molar-refractivity contribution in [2.75, 3.05) is 57.9 Å². The molecule has 1 saturated heterocycles. The van der Waals surface area contributed by atoms with Gasteiger partial charge < -0.3 is 19.5 Å². The quantitative estimate of drug-likeness (QED) is 0.819. The second-order valence-corrected chi connectivity index (χ2v) is 5.37. The lowest BCUT2D eigenvalue weighted by Gasteiger charge is -2.30. The van der Waals surface area contributed by atoms with E-state index in [1.165, 1.54) is 0 Å². The Balaban J connectivity index is 1.80.